The molecule has 0 saturated heterocycles. The molecule has 0 heteroatoms. The van der Waals surface area contributed by atoms with Crippen molar-refractivity contribution in [2.45, 2.75) is 208 Å². The van der Waals surface area contributed by atoms with E-state index in [4.69, 9.17) is 0 Å². The van der Waals surface area contributed by atoms with Gasteiger partial charge >= 0.3 is 0 Å². The van der Waals surface area contributed by atoms with Crippen LogP contribution in [0.3, 0.4) is 0 Å². The second-order valence-electron chi connectivity index (χ2n) is 20.2. The van der Waals surface area contributed by atoms with E-state index >= 15 is 0 Å². The van der Waals surface area contributed by atoms with Crippen molar-refractivity contribution in [3.8, 4) is 0 Å². The van der Waals surface area contributed by atoms with Gasteiger partial charge in [0.15, 0.2) is 0 Å². The van der Waals surface area contributed by atoms with Gasteiger partial charge in [-0.25, -0.2) is 0 Å². The first-order valence-corrected chi connectivity index (χ1v) is 24.5. The van der Waals surface area contributed by atoms with Crippen molar-refractivity contribution in [3.05, 3.63) is 203 Å². The van der Waals surface area contributed by atoms with Gasteiger partial charge in [-0.05, 0) is 375 Å². The molecule has 6 aromatic carbocycles. The van der Waals surface area contributed by atoms with E-state index < -0.39 is 0 Å². The molecule has 0 unspecified atom stereocenters. The highest BCUT2D eigenvalue weighted by atomic mass is 14.1. The Hall–Kier alpha value is -4.68. The zero-order valence-corrected chi connectivity index (χ0v) is 48.5. The average molecular weight is 889 g/mol. The molecule has 66 heavy (non-hydrogen) atoms. The summed E-state index contributed by atoms with van der Waals surface area (Å²) in [6, 6.07) is 13.4. The highest BCUT2D eigenvalue weighted by Crippen LogP contribution is 2.26. The average Bonchev–Trinajstić information content (AvgIpc) is 3.28. The molecule has 6 aromatic rings. The van der Waals surface area contributed by atoms with Gasteiger partial charge in [-0.3, -0.25) is 0 Å². The van der Waals surface area contributed by atoms with Crippen molar-refractivity contribution in [2.24, 2.45) is 0 Å². The summed E-state index contributed by atoms with van der Waals surface area (Å²) in [6.07, 6.45) is 0. The predicted octanol–water partition coefficient (Wildman–Crippen LogP) is 19.4. The van der Waals surface area contributed by atoms with E-state index in [2.05, 4.69) is 244 Å². The summed E-state index contributed by atoms with van der Waals surface area (Å²) >= 11 is 0. The molecule has 0 nitrogen and oxygen atoms in total. The van der Waals surface area contributed by atoms with Gasteiger partial charge in [0.1, 0.15) is 0 Å². The van der Waals surface area contributed by atoms with Crippen LogP contribution in [0.2, 0.25) is 0 Å². The monoisotopic (exact) mass is 889 g/mol. The summed E-state index contributed by atoms with van der Waals surface area (Å²) in [4.78, 5) is 0. The lowest BCUT2D eigenvalue weighted by atomic mass is 9.90. The second kappa shape index (κ2) is 25.5. The third kappa shape index (κ3) is 14.9. The van der Waals surface area contributed by atoms with Crippen molar-refractivity contribution in [2.75, 3.05) is 0 Å². The first-order chi connectivity index (χ1) is 30.2. The molecule has 0 aromatic heterocycles. The molecule has 0 amide bonds. The maximum atomic E-state index is 2.26. The second-order valence-corrected chi connectivity index (χ2v) is 20.2. The van der Waals surface area contributed by atoms with Gasteiger partial charge in [0.2, 0.25) is 0 Å². The predicted molar refractivity (Wildman–Crippen MR) is 301 cm³/mol. The lowest BCUT2D eigenvalue weighted by Crippen LogP contribution is -1.98. The fourth-order valence-corrected chi connectivity index (χ4v) is 8.44. The van der Waals surface area contributed by atoms with Crippen LogP contribution in [0.1, 0.15) is 167 Å². The van der Waals surface area contributed by atoms with Gasteiger partial charge in [0.25, 0.3) is 0 Å². The molecule has 0 heterocycles. The minimum Gasteiger partial charge on any atom is -0.0588 e. The van der Waals surface area contributed by atoms with Gasteiger partial charge in [0, 0.05) is 0 Å². The molecule has 0 saturated carbocycles. The van der Waals surface area contributed by atoms with Crippen LogP contribution in [0.25, 0.3) is 0 Å². The first-order valence-electron chi connectivity index (χ1n) is 24.5. The Morgan fingerprint density at radius 2 is 0.212 bits per heavy atom. The summed E-state index contributed by atoms with van der Waals surface area (Å²) in [5, 5.41) is 0. The number of aryl methyl sites for hydroxylation is 10. The van der Waals surface area contributed by atoms with Gasteiger partial charge in [-0.15, -0.1) is 0 Å². The SMILES string of the molecule is Cc1c(C)c(C)c(C)c(C)c1C.Cc1cc(C)c(C)c(C)c1C.Cc1cc(C)c(C)c(C)c1C.Cc1cc(C)c(C)c(C)c1C.Cc1cc(C)c(C)c(C)c1C.Cc1ccc(C)c(C)c1C. The molecule has 0 fully saturated rings. The minimum atomic E-state index is 1.39. The Morgan fingerprint density at radius 3 is 0.333 bits per heavy atom. The van der Waals surface area contributed by atoms with E-state index in [1.807, 2.05) is 0 Å². The van der Waals surface area contributed by atoms with Crippen LogP contribution in [0, 0.1) is 208 Å². The van der Waals surface area contributed by atoms with Crippen molar-refractivity contribution in [1.82, 2.24) is 0 Å². The largest absolute Gasteiger partial charge is 0.0588 e. The molecule has 0 radical (unpaired) electrons. The number of benzene rings is 6. The number of rotatable bonds is 0. The molecular weight excluding hydrogens is 793 g/mol. The van der Waals surface area contributed by atoms with Crippen LogP contribution in [-0.2, 0) is 0 Å². The quantitative estimate of drug-likeness (QED) is 0.143. The molecule has 0 aliphatic carbocycles. The lowest BCUT2D eigenvalue weighted by Gasteiger charge is -2.15. The highest BCUT2D eigenvalue weighted by Gasteiger charge is 2.09. The summed E-state index contributed by atoms with van der Waals surface area (Å²) < 4.78 is 0. The van der Waals surface area contributed by atoms with Crippen LogP contribution in [0.15, 0.2) is 36.4 Å². The molecule has 0 aliphatic heterocycles. The topological polar surface area (TPSA) is 0 Å². The van der Waals surface area contributed by atoms with Gasteiger partial charge in [0.05, 0.1) is 0 Å². The fourth-order valence-electron chi connectivity index (χ4n) is 8.44. The molecule has 0 aliphatic rings. The third-order valence-electron chi connectivity index (χ3n) is 16.7. The van der Waals surface area contributed by atoms with Gasteiger partial charge in [-0.2, -0.15) is 0 Å². The normalized spacial score (nSPS) is 10.3. The summed E-state index contributed by atoms with van der Waals surface area (Å²) in [5.74, 6) is 0. The van der Waals surface area contributed by atoms with E-state index in [1.54, 1.807) is 0 Å². The molecule has 0 N–H and O–H groups in total. The molecule has 0 bridgehead atoms. The Labute approximate surface area is 409 Å². The van der Waals surface area contributed by atoms with E-state index in [0.29, 0.717) is 0 Å². The van der Waals surface area contributed by atoms with Crippen LogP contribution in [-0.4, -0.2) is 0 Å². The standard InChI is InChI=1S/C12H18.4C11H16.C10H14/c1-7-8(2)10(4)12(6)11(5)9(7)3;4*1-7-6-8(2)10(4)11(5)9(7)3;1-7-5-6-8(2)10(4)9(7)3/h1-6H3;4*6H,1-5H3;5-6H,1-4H3. The lowest BCUT2D eigenvalue weighted by molar-refractivity contribution is 1.13. The minimum absolute atomic E-state index is 1.39. The Morgan fingerprint density at radius 1 is 0.121 bits per heavy atom. The van der Waals surface area contributed by atoms with Crippen molar-refractivity contribution >= 4 is 0 Å². The van der Waals surface area contributed by atoms with E-state index in [0.717, 1.165) is 0 Å². The first kappa shape index (κ1) is 59.3. The molecule has 6 rings (SSSR count). The molecule has 0 atom stereocenters. The fraction of sp³-hybridized carbons (Fsp3) is 0.455. The highest BCUT2D eigenvalue weighted by molar-refractivity contribution is 5.49. The molecular formula is C66H96. The number of hydrogen-bond donors (Lipinski definition) is 0. The Kier molecular flexibility index (Phi) is 22.9. The molecule has 0 spiro atoms. The number of hydrogen-bond acceptors (Lipinski definition) is 0. The van der Waals surface area contributed by atoms with Crippen molar-refractivity contribution < 1.29 is 0 Å². The van der Waals surface area contributed by atoms with Crippen molar-refractivity contribution in [1.29, 1.82) is 0 Å². The van der Waals surface area contributed by atoms with E-state index in [1.165, 1.54) is 167 Å². The van der Waals surface area contributed by atoms with E-state index in [9.17, 15) is 0 Å². The third-order valence-corrected chi connectivity index (χ3v) is 16.7. The Balaban J connectivity index is 0.000000396. The van der Waals surface area contributed by atoms with Crippen LogP contribution < -0.4 is 0 Å². The van der Waals surface area contributed by atoms with Crippen LogP contribution in [0.4, 0.5) is 0 Å². The van der Waals surface area contributed by atoms with E-state index in [-0.39, 0.29) is 0 Å². The zero-order chi connectivity index (χ0) is 51.6. The van der Waals surface area contributed by atoms with Gasteiger partial charge in [-0.1, -0.05) is 36.4 Å². The summed E-state index contributed by atoms with van der Waals surface area (Å²) in [5.41, 5.74) is 42.9. The van der Waals surface area contributed by atoms with Gasteiger partial charge < -0.3 is 0 Å². The smallest absolute Gasteiger partial charge is 0.0392 e. The maximum absolute atomic E-state index is 2.26. The summed E-state index contributed by atoms with van der Waals surface area (Å²) in [7, 11) is 0. The zero-order valence-electron chi connectivity index (χ0n) is 48.5. The van der Waals surface area contributed by atoms with Crippen LogP contribution in [0.5, 0.6) is 0 Å². The van der Waals surface area contributed by atoms with Crippen molar-refractivity contribution in [3.63, 3.8) is 0 Å². The summed E-state index contributed by atoms with van der Waals surface area (Å²) in [6.45, 7) is 65.7. The molecule has 360 valence electrons. The van der Waals surface area contributed by atoms with Crippen LogP contribution >= 0.6 is 0 Å². The Bertz CT molecular complexity index is 2170. The maximum Gasteiger partial charge on any atom is -0.0392 e.